The SMILES string of the molecule is Cc1ccc(CN2C[C@@H]3C(=O)N(CCN4CCc5ccccc5C4)C(=O)[C@@H]3C2)c(C)c1. The van der Waals surface area contributed by atoms with Crippen molar-refractivity contribution in [1.29, 1.82) is 0 Å². The van der Waals surface area contributed by atoms with Gasteiger partial charge in [0.1, 0.15) is 0 Å². The number of carbonyl (C=O) groups is 2. The van der Waals surface area contributed by atoms with Gasteiger partial charge in [0.05, 0.1) is 11.8 Å². The molecule has 5 heteroatoms. The Morgan fingerprint density at radius 2 is 1.58 bits per heavy atom. The minimum absolute atomic E-state index is 0.0375. The zero-order valence-corrected chi connectivity index (χ0v) is 18.5. The number of fused-ring (bicyclic) bond motifs is 2. The molecule has 2 aromatic rings. The Balaban J connectivity index is 1.17. The number of aryl methyl sites for hydroxylation is 2. The molecule has 2 atom stereocenters. The fourth-order valence-corrected chi connectivity index (χ4v) is 5.49. The van der Waals surface area contributed by atoms with E-state index in [1.165, 1.54) is 27.8 Å². The van der Waals surface area contributed by atoms with Crippen LogP contribution in [0.1, 0.15) is 27.8 Å². The molecule has 0 spiro atoms. The van der Waals surface area contributed by atoms with Gasteiger partial charge in [-0.3, -0.25) is 24.3 Å². The van der Waals surface area contributed by atoms with Crippen molar-refractivity contribution in [3.05, 3.63) is 70.3 Å². The number of carbonyl (C=O) groups excluding carboxylic acids is 2. The van der Waals surface area contributed by atoms with Crippen LogP contribution in [0.4, 0.5) is 0 Å². The van der Waals surface area contributed by atoms with E-state index in [1.54, 1.807) is 4.90 Å². The zero-order valence-electron chi connectivity index (χ0n) is 18.5. The van der Waals surface area contributed by atoms with E-state index in [9.17, 15) is 9.59 Å². The van der Waals surface area contributed by atoms with Crippen molar-refractivity contribution in [2.45, 2.75) is 33.4 Å². The molecule has 162 valence electrons. The number of nitrogens with zero attached hydrogens (tertiary/aromatic N) is 3. The highest BCUT2D eigenvalue weighted by atomic mass is 16.2. The van der Waals surface area contributed by atoms with E-state index >= 15 is 0 Å². The number of imide groups is 1. The van der Waals surface area contributed by atoms with Gasteiger partial charge in [0.25, 0.3) is 0 Å². The maximum Gasteiger partial charge on any atom is 0.234 e. The quantitative estimate of drug-likeness (QED) is 0.702. The molecule has 31 heavy (non-hydrogen) atoms. The van der Waals surface area contributed by atoms with Crippen molar-refractivity contribution in [3.8, 4) is 0 Å². The summed E-state index contributed by atoms with van der Waals surface area (Å²) in [5.74, 6) is -0.258. The molecule has 2 fully saturated rings. The molecular weight excluding hydrogens is 386 g/mol. The van der Waals surface area contributed by atoms with Gasteiger partial charge in [0, 0.05) is 45.8 Å². The number of amides is 2. The zero-order chi connectivity index (χ0) is 21.5. The number of likely N-dealkylation sites (tertiary alicyclic amines) is 2. The van der Waals surface area contributed by atoms with E-state index in [0.29, 0.717) is 19.6 Å². The van der Waals surface area contributed by atoms with Crippen LogP contribution in [0.5, 0.6) is 0 Å². The first-order chi connectivity index (χ1) is 15.0. The maximum absolute atomic E-state index is 13.0. The van der Waals surface area contributed by atoms with Gasteiger partial charge in [-0.2, -0.15) is 0 Å². The summed E-state index contributed by atoms with van der Waals surface area (Å²) in [7, 11) is 0. The van der Waals surface area contributed by atoms with Crippen LogP contribution in [0.15, 0.2) is 42.5 Å². The van der Waals surface area contributed by atoms with E-state index < -0.39 is 0 Å². The molecule has 0 aromatic heterocycles. The van der Waals surface area contributed by atoms with E-state index in [2.05, 4.69) is 66.1 Å². The highest BCUT2D eigenvalue weighted by Gasteiger charge is 2.52. The average Bonchev–Trinajstić information content (AvgIpc) is 3.27. The van der Waals surface area contributed by atoms with Gasteiger partial charge in [-0.1, -0.05) is 48.0 Å². The molecule has 5 nitrogen and oxygen atoms in total. The van der Waals surface area contributed by atoms with Crippen molar-refractivity contribution in [2.75, 3.05) is 32.7 Å². The number of benzene rings is 2. The molecule has 0 unspecified atom stereocenters. The van der Waals surface area contributed by atoms with E-state index in [1.807, 2.05) is 0 Å². The van der Waals surface area contributed by atoms with Crippen molar-refractivity contribution in [2.24, 2.45) is 11.8 Å². The smallest absolute Gasteiger partial charge is 0.234 e. The molecule has 2 aromatic carbocycles. The number of rotatable bonds is 5. The van der Waals surface area contributed by atoms with Crippen molar-refractivity contribution < 1.29 is 9.59 Å². The summed E-state index contributed by atoms with van der Waals surface area (Å²) >= 11 is 0. The third-order valence-corrected chi connectivity index (χ3v) is 7.30. The maximum atomic E-state index is 13.0. The third-order valence-electron chi connectivity index (χ3n) is 7.30. The van der Waals surface area contributed by atoms with Crippen LogP contribution in [0, 0.1) is 25.7 Å². The Morgan fingerprint density at radius 1 is 0.871 bits per heavy atom. The van der Waals surface area contributed by atoms with Gasteiger partial charge >= 0.3 is 0 Å². The van der Waals surface area contributed by atoms with Crippen LogP contribution >= 0.6 is 0 Å². The van der Waals surface area contributed by atoms with Gasteiger partial charge in [0.15, 0.2) is 0 Å². The average molecular weight is 418 g/mol. The lowest BCUT2D eigenvalue weighted by Crippen LogP contribution is -2.42. The Morgan fingerprint density at radius 3 is 2.29 bits per heavy atom. The van der Waals surface area contributed by atoms with Crippen LogP contribution in [0.2, 0.25) is 0 Å². The molecule has 3 aliphatic rings. The first kappa shape index (κ1) is 20.4. The molecule has 0 radical (unpaired) electrons. The van der Waals surface area contributed by atoms with E-state index in [4.69, 9.17) is 0 Å². The van der Waals surface area contributed by atoms with Gasteiger partial charge in [0.2, 0.25) is 11.8 Å². The first-order valence-corrected chi connectivity index (χ1v) is 11.4. The highest BCUT2D eigenvalue weighted by Crippen LogP contribution is 2.34. The van der Waals surface area contributed by atoms with Crippen LogP contribution in [0.3, 0.4) is 0 Å². The lowest BCUT2D eigenvalue weighted by Gasteiger charge is -2.30. The van der Waals surface area contributed by atoms with Gasteiger partial charge in [-0.25, -0.2) is 0 Å². The molecule has 3 aliphatic heterocycles. The molecule has 0 bridgehead atoms. The van der Waals surface area contributed by atoms with Crippen LogP contribution in [-0.4, -0.2) is 59.2 Å². The Labute approximate surface area is 184 Å². The Bertz CT molecular complexity index is 993. The largest absolute Gasteiger partial charge is 0.297 e. The molecule has 5 rings (SSSR count). The van der Waals surface area contributed by atoms with Gasteiger partial charge in [-0.05, 0) is 42.5 Å². The molecule has 2 amide bonds. The standard InChI is InChI=1S/C26H31N3O2/c1-18-7-8-21(19(2)13-18)14-28-16-23-24(17-28)26(31)29(25(23)30)12-11-27-10-9-20-5-3-4-6-22(20)15-27/h3-8,13,23-24H,9-12,14-17H2,1-2H3/t23-,24+. The second-order valence-corrected chi connectivity index (χ2v) is 9.46. The minimum Gasteiger partial charge on any atom is -0.297 e. The van der Waals surface area contributed by atoms with Crippen LogP contribution in [-0.2, 0) is 29.1 Å². The summed E-state index contributed by atoms with van der Waals surface area (Å²) in [6, 6.07) is 15.1. The summed E-state index contributed by atoms with van der Waals surface area (Å²) in [5, 5.41) is 0. The highest BCUT2D eigenvalue weighted by molar-refractivity contribution is 6.05. The fourth-order valence-electron chi connectivity index (χ4n) is 5.49. The second kappa shape index (κ2) is 8.21. The van der Waals surface area contributed by atoms with E-state index in [-0.39, 0.29) is 23.7 Å². The van der Waals surface area contributed by atoms with Crippen molar-refractivity contribution >= 4 is 11.8 Å². The molecule has 3 heterocycles. The van der Waals surface area contributed by atoms with Crippen LogP contribution in [0.25, 0.3) is 0 Å². The van der Waals surface area contributed by atoms with Gasteiger partial charge < -0.3 is 0 Å². The normalized spacial score (nSPS) is 24.0. The predicted octanol–water partition coefficient (Wildman–Crippen LogP) is 2.78. The monoisotopic (exact) mass is 417 g/mol. The van der Waals surface area contributed by atoms with E-state index in [0.717, 1.165) is 32.6 Å². The lowest BCUT2D eigenvalue weighted by atomic mass is 10.00. The number of hydrogen-bond acceptors (Lipinski definition) is 4. The molecule has 0 saturated carbocycles. The molecule has 0 N–H and O–H groups in total. The summed E-state index contributed by atoms with van der Waals surface area (Å²) in [4.78, 5) is 32.3. The summed E-state index contributed by atoms with van der Waals surface area (Å²) in [5.41, 5.74) is 6.61. The Hall–Kier alpha value is -2.50. The Kier molecular flexibility index (Phi) is 5.40. The summed E-state index contributed by atoms with van der Waals surface area (Å²) in [6.07, 6.45) is 1.04. The first-order valence-electron chi connectivity index (χ1n) is 11.4. The molecular formula is C26H31N3O2. The predicted molar refractivity (Wildman–Crippen MR) is 120 cm³/mol. The van der Waals surface area contributed by atoms with Gasteiger partial charge in [-0.15, -0.1) is 0 Å². The molecule has 2 saturated heterocycles. The number of hydrogen-bond donors (Lipinski definition) is 0. The lowest BCUT2D eigenvalue weighted by molar-refractivity contribution is -0.140. The van der Waals surface area contributed by atoms with Crippen molar-refractivity contribution in [1.82, 2.24) is 14.7 Å². The fraction of sp³-hybridized carbons (Fsp3) is 0.462. The van der Waals surface area contributed by atoms with Crippen molar-refractivity contribution in [3.63, 3.8) is 0 Å². The minimum atomic E-state index is -0.166. The topological polar surface area (TPSA) is 43.9 Å². The summed E-state index contributed by atoms with van der Waals surface area (Å²) in [6.45, 7) is 9.61. The van der Waals surface area contributed by atoms with Crippen LogP contribution < -0.4 is 0 Å². The summed E-state index contributed by atoms with van der Waals surface area (Å²) < 4.78 is 0. The second-order valence-electron chi connectivity index (χ2n) is 9.46. The molecule has 0 aliphatic carbocycles. The third kappa shape index (κ3) is 3.92.